The van der Waals surface area contributed by atoms with Crippen molar-refractivity contribution in [2.75, 3.05) is 77.4 Å². The number of carbonyl (C=O) groups is 7. The number of benzene rings is 4. The average molecular weight is 1170 g/mol. The number of hydrogen-bond donors (Lipinski definition) is 3. The number of ether oxygens (including phenoxy) is 4. The Bertz CT molecular complexity index is 3390. The van der Waals surface area contributed by atoms with E-state index in [0.717, 1.165) is 48.5 Å². The minimum Gasteiger partial charge on any atom is -0.493 e. The first kappa shape index (κ1) is 60.3. The van der Waals surface area contributed by atoms with Gasteiger partial charge in [0.1, 0.15) is 12.1 Å². The standard InChI is InChI=1S/C65H76N10O11/c1-39(2)60(70-58(76)12-9-8-10-21-73-59(77)28-40(3)63(73)80)62(79)68-41(4)61(78)69-46-17-13-42(14-18-46)44-29-48-35-66-52-33-56(54(83-6)31-50(52)64(81)74(48)37-44)85-26-11-27-86-57-34-53-51(32-55(57)84-7)65(82)75-38-45(30-49(75)36-67-53)43-15-19-47(20-16-43)72-24-22-71(5)23-25-72/h13-20,31-41,48-49,60H,8-12,21-30H2,1-7H3,(H,68,79)(H,69,78)(H,70,76)/t40?,41-,48-,49-,60?/m0/s1. The molecule has 6 heterocycles. The molecule has 4 aromatic carbocycles. The van der Waals surface area contributed by atoms with E-state index in [1.54, 1.807) is 66.3 Å². The molecule has 0 saturated carbocycles. The Labute approximate surface area is 501 Å². The largest absolute Gasteiger partial charge is 0.493 e. The number of amides is 7. The summed E-state index contributed by atoms with van der Waals surface area (Å²) in [5.74, 6) is -0.855. The molecule has 4 aromatic rings. The molecule has 0 spiro atoms. The zero-order valence-electron chi connectivity index (χ0n) is 49.9. The van der Waals surface area contributed by atoms with E-state index in [4.69, 9.17) is 28.9 Å². The van der Waals surface area contributed by atoms with E-state index in [1.165, 1.54) is 24.8 Å². The van der Waals surface area contributed by atoms with Gasteiger partial charge in [-0.1, -0.05) is 51.5 Å². The van der Waals surface area contributed by atoms with Crippen LogP contribution >= 0.6 is 0 Å². The van der Waals surface area contributed by atoms with Crippen molar-refractivity contribution in [2.24, 2.45) is 21.8 Å². The van der Waals surface area contributed by atoms with Crippen molar-refractivity contribution in [3.63, 3.8) is 0 Å². The van der Waals surface area contributed by atoms with Crippen molar-refractivity contribution in [3.05, 3.63) is 107 Å². The number of carbonyl (C=O) groups excluding carboxylic acids is 7. The predicted octanol–water partition coefficient (Wildman–Crippen LogP) is 7.79. The third-order valence-electron chi connectivity index (χ3n) is 16.6. The fourth-order valence-corrected chi connectivity index (χ4v) is 11.5. The molecule has 3 N–H and O–H groups in total. The molecule has 0 bridgehead atoms. The van der Waals surface area contributed by atoms with Gasteiger partial charge in [0, 0.05) is 119 Å². The lowest BCUT2D eigenvalue weighted by Crippen LogP contribution is -2.53. The maximum atomic E-state index is 14.2. The quantitative estimate of drug-likeness (QED) is 0.0476. The number of hydrogen-bond acceptors (Lipinski definition) is 15. The highest BCUT2D eigenvalue weighted by molar-refractivity contribution is 6.07. The smallest absolute Gasteiger partial charge is 0.260 e. The van der Waals surface area contributed by atoms with Gasteiger partial charge in [-0.3, -0.25) is 48.4 Å². The second-order valence-electron chi connectivity index (χ2n) is 23.1. The molecule has 6 aliphatic rings. The Balaban J connectivity index is 0.680. The van der Waals surface area contributed by atoms with Crippen LogP contribution in [0.2, 0.25) is 0 Å². The van der Waals surface area contributed by atoms with Crippen LogP contribution < -0.4 is 39.8 Å². The number of imide groups is 1. The van der Waals surface area contributed by atoms with Gasteiger partial charge in [0.05, 0.1) is 62.0 Å². The molecular formula is C65H76N10O11. The Hall–Kier alpha value is -8.85. The molecule has 2 fully saturated rings. The van der Waals surface area contributed by atoms with Gasteiger partial charge >= 0.3 is 0 Å². The predicted molar refractivity (Wildman–Crippen MR) is 328 cm³/mol. The first-order valence-corrected chi connectivity index (χ1v) is 29.7. The molecule has 2 unspecified atom stereocenters. The SMILES string of the molecule is COc1cc2c(cc1OCCCOc1cc3c(cc1OC)C(=O)N1C=C(c4ccc(N5CCN(C)CC5)cc4)C[C@H]1C=N3)N=C[C@@H]1CC(c3ccc(NC(=O)[C@H](C)NC(=O)C(NC(=O)CCCCCN4C(=O)CC(C)C4=O)C(C)C)cc3)=CN1C2=O. The van der Waals surface area contributed by atoms with E-state index in [-0.39, 0.29) is 79.5 Å². The van der Waals surface area contributed by atoms with Gasteiger partial charge < -0.3 is 54.5 Å². The van der Waals surface area contributed by atoms with Crippen LogP contribution in [0.15, 0.2) is 95.2 Å². The summed E-state index contributed by atoms with van der Waals surface area (Å²) in [4.78, 5) is 111. The summed E-state index contributed by atoms with van der Waals surface area (Å²) in [6, 6.07) is 20.2. The Morgan fingerprint density at radius 2 is 1.19 bits per heavy atom. The van der Waals surface area contributed by atoms with Gasteiger partial charge in [-0.15, -0.1) is 0 Å². The second kappa shape index (κ2) is 26.6. The van der Waals surface area contributed by atoms with Gasteiger partial charge in [0.2, 0.25) is 29.5 Å². The first-order valence-electron chi connectivity index (χ1n) is 29.7. The number of anilines is 2. The van der Waals surface area contributed by atoms with Crippen LogP contribution in [0.4, 0.5) is 22.7 Å². The van der Waals surface area contributed by atoms with E-state index in [1.807, 2.05) is 44.6 Å². The number of piperazine rings is 1. The van der Waals surface area contributed by atoms with E-state index in [2.05, 4.69) is 57.1 Å². The van der Waals surface area contributed by atoms with Gasteiger partial charge in [0.25, 0.3) is 11.8 Å². The Morgan fingerprint density at radius 3 is 1.70 bits per heavy atom. The van der Waals surface area contributed by atoms with Gasteiger partial charge in [-0.05, 0) is 91.4 Å². The number of likely N-dealkylation sites (tertiary alicyclic amines) is 1. The molecule has 21 nitrogen and oxygen atoms in total. The third-order valence-corrected chi connectivity index (χ3v) is 16.6. The molecule has 6 aliphatic heterocycles. The molecule has 7 amide bonds. The molecule has 0 aliphatic carbocycles. The zero-order chi connectivity index (χ0) is 60.8. The molecular weight excluding hydrogens is 1100 g/mol. The van der Waals surface area contributed by atoms with Gasteiger partial charge in [0.15, 0.2) is 23.0 Å². The molecule has 86 heavy (non-hydrogen) atoms. The lowest BCUT2D eigenvalue weighted by Gasteiger charge is -2.34. The number of fused-ring (bicyclic) bond motifs is 4. The first-order chi connectivity index (χ1) is 41.5. The third kappa shape index (κ3) is 13.5. The molecule has 0 aromatic heterocycles. The summed E-state index contributed by atoms with van der Waals surface area (Å²) < 4.78 is 23.8. The maximum absolute atomic E-state index is 14.2. The Morgan fingerprint density at radius 1 is 0.640 bits per heavy atom. The van der Waals surface area contributed by atoms with E-state index in [9.17, 15) is 33.6 Å². The number of nitrogens with one attached hydrogen (secondary N) is 3. The number of likely N-dealkylation sites (N-methyl/N-ethyl adjacent to an activating group) is 1. The van der Waals surface area contributed by atoms with Crippen molar-refractivity contribution in [2.45, 2.75) is 103 Å². The normalized spacial score (nSPS) is 19.7. The van der Waals surface area contributed by atoms with Crippen molar-refractivity contribution in [1.29, 1.82) is 0 Å². The number of rotatable bonds is 23. The fraction of sp³-hybridized carbons (Fsp3) is 0.431. The number of aliphatic imine (C=N–C) groups is 2. The molecule has 21 heteroatoms. The molecule has 0 radical (unpaired) electrons. The second-order valence-corrected chi connectivity index (χ2v) is 23.1. The van der Waals surface area contributed by atoms with Crippen LogP contribution in [0, 0.1) is 11.8 Å². The summed E-state index contributed by atoms with van der Waals surface area (Å²) in [6.07, 6.45) is 11.1. The van der Waals surface area contributed by atoms with Crippen molar-refractivity contribution >= 4 is 87.7 Å². The van der Waals surface area contributed by atoms with Gasteiger partial charge in [-0.25, -0.2) is 0 Å². The van der Waals surface area contributed by atoms with Crippen molar-refractivity contribution in [3.8, 4) is 23.0 Å². The molecule has 2 saturated heterocycles. The topological polar surface area (TPSA) is 233 Å². The summed E-state index contributed by atoms with van der Waals surface area (Å²) in [5, 5.41) is 8.38. The average Bonchev–Trinajstić information content (AvgIpc) is 2.13. The number of methoxy groups -OCH3 is 2. The van der Waals surface area contributed by atoms with Gasteiger partial charge in [-0.2, -0.15) is 0 Å². The highest BCUT2D eigenvalue weighted by atomic mass is 16.5. The van der Waals surface area contributed by atoms with Crippen LogP contribution in [0.1, 0.15) is 111 Å². The van der Waals surface area contributed by atoms with Crippen LogP contribution in [0.25, 0.3) is 11.1 Å². The van der Waals surface area contributed by atoms with Crippen LogP contribution in [0.3, 0.4) is 0 Å². The lowest BCUT2D eigenvalue weighted by atomic mass is 10.0. The minimum atomic E-state index is -0.922. The summed E-state index contributed by atoms with van der Waals surface area (Å²) in [7, 11) is 5.20. The maximum Gasteiger partial charge on any atom is 0.260 e. The van der Waals surface area contributed by atoms with Crippen LogP contribution in [-0.4, -0.2) is 165 Å². The zero-order valence-corrected chi connectivity index (χ0v) is 49.9. The number of unbranched alkanes of at least 4 members (excludes halogenated alkanes) is 2. The van der Waals surface area contributed by atoms with E-state index < -0.39 is 23.9 Å². The molecule has 5 atom stereocenters. The van der Waals surface area contributed by atoms with Crippen LogP contribution in [0.5, 0.6) is 23.0 Å². The van der Waals surface area contributed by atoms with E-state index >= 15 is 0 Å². The highest BCUT2D eigenvalue weighted by Gasteiger charge is 2.37. The summed E-state index contributed by atoms with van der Waals surface area (Å²) in [5.41, 5.74) is 7.34. The van der Waals surface area contributed by atoms with Crippen molar-refractivity contribution < 1.29 is 52.5 Å². The summed E-state index contributed by atoms with van der Waals surface area (Å²) >= 11 is 0. The van der Waals surface area contributed by atoms with Crippen LogP contribution in [-0.2, 0) is 24.0 Å². The van der Waals surface area contributed by atoms with Crippen molar-refractivity contribution in [1.82, 2.24) is 30.2 Å². The van der Waals surface area contributed by atoms with E-state index in [0.29, 0.717) is 96.3 Å². The minimum absolute atomic E-state index is 0.152. The Kier molecular flexibility index (Phi) is 18.6. The fourth-order valence-electron chi connectivity index (χ4n) is 11.5. The number of nitrogens with zero attached hydrogens (tertiary/aromatic N) is 7. The monoisotopic (exact) mass is 1170 g/mol. The highest BCUT2D eigenvalue weighted by Crippen LogP contribution is 2.42. The molecule has 452 valence electrons. The lowest BCUT2D eigenvalue weighted by molar-refractivity contribution is -0.139. The molecule has 10 rings (SSSR count). The summed E-state index contributed by atoms with van der Waals surface area (Å²) in [6.45, 7) is 11.8.